The number of carboxylic acids is 1. The van der Waals surface area contributed by atoms with Crippen molar-refractivity contribution in [3.8, 4) is 5.75 Å². The number of aliphatic hydroxyl groups is 1. The molecule has 1 saturated heterocycles. The Morgan fingerprint density at radius 1 is 0.590 bits per heavy atom. The first kappa shape index (κ1) is 88.2. The van der Waals surface area contributed by atoms with Gasteiger partial charge in [-0.05, 0) is 151 Å². The third-order valence-corrected chi connectivity index (χ3v) is 19.1. The Hall–Kier alpha value is -9.16. The molecule has 4 rings (SSSR count). The van der Waals surface area contributed by atoms with Gasteiger partial charge in [-0.3, -0.25) is 67.9 Å². The number of rotatable bonds is 52. The number of para-hydroxylation sites is 1. The molecule has 582 valence electrons. The number of aromatic nitrogens is 1. The number of nitrogens with two attached hydrogens (primary N) is 6. The lowest BCUT2D eigenvalue weighted by molar-refractivity contribution is -0.144. The van der Waals surface area contributed by atoms with Crippen LogP contribution in [0.25, 0.3) is 10.9 Å². The first-order valence-electron chi connectivity index (χ1n) is 37.0. The molecule has 1 fully saturated rings. The fourth-order valence-electron chi connectivity index (χ4n) is 13.3. The van der Waals surface area contributed by atoms with Gasteiger partial charge in [0.25, 0.3) is 0 Å². The predicted molar refractivity (Wildman–Crippen MR) is 398 cm³/mol. The maximum Gasteiger partial charge on any atom is 0.304 e. The molecule has 2 heterocycles. The van der Waals surface area contributed by atoms with Crippen molar-refractivity contribution in [1.29, 1.82) is 5.41 Å². The molecule has 30 nitrogen and oxygen atoms in total. The molecule has 1 aliphatic heterocycles. The highest BCUT2D eigenvalue weighted by molar-refractivity contribution is 6.00. The fraction of sp³-hybridized carbons (Fsp3) is 0.627. The average Bonchev–Trinajstić information content (AvgIpc) is 1.70. The third kappa shape index (κ3) is 30.8. The number of amidine groups is 1. The van der Waals surface area contributed by atoms with Crippen molar-refractivity contribution >= 4 is 93.2 Å². The lowest BCUT2D eigenvalue weighted by Crippen LogP contribution is -2.58. The lowest BCUT2D eigenvalue weighted by Gasteiger charge is -2.31. The molecule has 0 spiro atoms. The maximum absolute atomic E-state index is 15.0. The zero-order valence-electron chi connectivity index (χ0n) is 62.0. The zero-order valence-corrected chi connectivity index (χ0v) is 62.0. The molecule has 22 N–H and O–H groups in total. The highest BCUT2D eigenvalue weighted by atomic mass is 16.4. The number of aliphatic hydroxyl groups excluding tert-OH is 1. The number of ketones is 4. The van der Waals surface area contributed by atoms with Crippen LogP contribution in [-0.2, 0) is 70.4 Å². The van der Waals surface area contributed by atoms with Crippen LogP contribution < -0.4 is 61.0 Å². The summed E-state index contributed by atoms with van der Waals surface area (Å²) in [5, 5.41) is 53.9. The number of Topliss-reactive ketones (excluding diaryl/α,β-unsaturated/α-hetero) is 4. The van der Waals surface area contributed by atoms with Crippen molar-refractivity contribution in [2.45, 2.75) is 232 Å². The number of hydrogen-bond donors (Lipinski definition) is 16. The van der Waals surface area contributed by atoms with E-state index in [1.165, 1.54) is 36.1 Å². The van der Waals surface area contributed by atoms with Crippen LogP contribution >= 0.6 is 0 Å². The van der Waals surface area contributed by atoms with Crippen molar-refractivity contribution in [3.63, 3.8) is 0 Å². The number of guanidine groups is 1. The molecule has 12 atom stereocenters. The maximum atomic E-state index is 15.0. The van der Waals surface area contributed by atoms with Crippen molar-refractivity contribution in [1.82, 2.24) is 36.5 Å². The molecule has 30 heteroatoms. The summed E-state index contributed by atoms with van der Waals surface area (Å²) in [6, 6.07) is 4.90. The highest BCUT2D eigenvalue weighted by Gasteiger charge is 2.42. The summed E-state index contributed by atoms with van der Waals surface area (Å²) in [7, 11) is 0. The number of nitrogens with zero attached hydrogens (tertiary/aromatic N) is 2. The first-order valence-corrected chi connectivity index (χ1v) is 37.0. The smallest absolute Gasteiger partial charge is 0.304 e. The Morgan fingerprint density at radius 2 is 1.15 bits per heavy atom. The molecular weight excluding hydrogens is 1350 g/mol. The molecule has 0 bridgehead atoms. The number of carbonyl (C=O) groups excluding carboxylic acids is 11. The number of carboxylic acid groups (broad SMARTS) is 1. The molecule has 7 amide bonds. The van der Waals surface area contributed by atoms with Gasteiger partial charge in [-0.15, -0.1) is 0 Å². The number of H-pyrrole nitrogens is 1. The predicted octanol–water partition coefficient (Wildman–Crippen LogP) is 3.25. The average molecular weight is 1470 g/mol. The summed E-state index contributed by atoms with van der Waals surface area (Å²) >= 11 is 0. The number of nitrogens with one attached hydrogen (secondary N) is 7. The molecule has 1 aromatic heterocycles. The second-order valence-electron chi connectivity index (χ2n) is 29.0. The molecule has 0 radical (unpaired) electrons. The van der Waals surface area contributed by atoms with Crippen LogP contribution in [0.15, 0.2) is 59.7 Å². The Balaban J connectivity index is 1.66. The van der Waals surface area contributed by atoms with Crippen LogP contribution in [0.4, 0.5) is 0 Å². The molecule has 0 unspecified atom stereocenters. The molecule has 0 aliphatic carbocycles. The molecule has 1 aliphatic rings. The molecule has 2 aromatic carbocycles. The first-order chi connectivity index (χ1) is 49.7. The van der Waals surface area contributed by atoms with E-state index in [0.717, 1.165) is 12.8 Å². The minimum atomic E-state index is -1.83. The molecule has 0 saturated carbocycles. The molecule has 3 aromatic rings. The Kier molecular flexibility index (Phi) is 38.0. The van der Waals surface area contributed by atoms with Gasteiger partial charge >= 0.3 is 5.97 Å². The largest absolute Gasteiger partial charge is 0.508 e. The molecular formula is C75H117N15O15. The van der Waals surface area contributed by atoms with E-state index in [4.69, 9.17) is 39.8 Å². The quantitative estimate of drug-likeness (QED) is 0.0219. The van der Waals surface area contributed by atoms with E-state index in [2.05, 4.69) is 36.6 Å². The van der Waals surface area contributed by atoms with E-state index in [9.17, 15) is 72.9 Å². The topological polar surface area (TPSA) is 537 Å². The number of amides is 7. The van der Waals surface area contributed by atoms with Crippen molar-refractivity contribution in [2.75, 3.05) is 26.2 Å². The Morgan fingerprint density at radius 3 is 1.74 bits per heavy atom. The Bertz CT molecular complexity index is 3430. The standard InChI is InChI=1S/C75H117N15O15/c1-43(2)33-49(68(80)99)38-61(93)57(22-15-31-83-75(81)82)86-70(101)50(35-47-25-27-53(92)28-26-47)39-62(94)56(21-12-14-30-77)85-71(102)51(41-66(97)98)40-64(96)67(46(6)91)89-72(103)59(36-52-42-84-55-20-9-8-19-54(52)55)88-73(104)60-23-16-32-90(60)74(105)48(18-7-10-24-65(78)79)37-63(95)58(34-44(3)4)87-69(100)45(5)17-11-13-29-76/h8-9,19-20,25-28,42-46,48-51,56-60,67,84,91-92H,7,10-18,21-24,29-41,76-77H2,1-6H3,(H3,78,79)(H2,80,99)(H,85,102)(H,86,101)(H,87,100)(H,88,104)(H,89,103)(H,97,98)(H4,81,82,83)/t45-,46+,48+,49+,50+,51-,56-,57-,58-,59-,60-,67-/m0/s1. The van der Waals surface area contributed by atoms with Crippen LogP contribution in [0.1, 0.15) is 188 Å². The minimum absolute atomic E-state index is 0.0147. The normalized spacial score (nSPS) is 16.1. The Labute approximate surface area is 615 Å². The van der Waals surface area contributed by atoms with Gasteiger partial charge in [0.05, 0.1) is 42.4 Å². The van der Waals surface area contributed by atoms with Crippen LogP contribution in [0.5, 0.6) is 5.75 Å². The van der Waals surface area contributed by atoms with Crippen LogP contribution in [0, 0.1) is 46.8 Å². The number of hydrogen-bond acceptors (Lipinski definition) is 18. The number of aliphatic carboxylic acids is 1. The number of unbranched alkanes of at least 4 members (excludes halogenated alkanes) is 3. The van der Waals surface area contributed by atoms with E-state index in [1.807, 2.05) is 27.7 Å². The van der Waals surface area contributed by atoms with E-state index in [1.54, 1.807) is 37.4 Å². The third-order valence-electron chi connectivity index (χ3n) is 19.1. The lowest BCUT2D eigenvalue weighted by atomic mass is 9.87. The summed E-state index contributed by atoms with van der Waals surface area (Å²) in [4.78, 5) is 179. The van der Waals surface area contributed by atoms with E-state index >= 15 is 0 Å². The fourth-order valence-corrected chi connectivity index (χ4v) is 13.3. The monoisotopic (exact) mass is 1470 g/mol. The zero-order chi connectivity index (χ0) is 78.0. The van der Waals surface area contributed by atoms with Crippen molar-refractivity contribution in [3.05, 3.63) is 65.9 Å². The summed E-state index contributed by atoms with van der Waals surface area (Å²) in [6.45, 7) is 11.4. The van der Waals surface area contributed by atoms with Gasteiger partial charge in [0.2, 0.25) is 41.4 Å². The summed E-state index contributed by atoms with van der Waals surface area (Å²) < 4.78 is 0. The molecule has 105 heavy (non-hydrogen) atoms. The number of likely N-dealkylation sites (tertiary alicyclic amines) is 1. The number of fused-ring (bicyclic) bond motifs is 1. The second kappa shape index (κ2) is 45.3. The number of aromatic hydroxyl groups is 1. The van der Waals surface area contributed by atoms with Gasteiger partial charge < -0.3 is 86.2 Å². The number of aliphatic imine (C=N–C) groups is 1. The minimum Gasteiger partial charge on any atom is -0.508 e. The summed E-state index contributed by atoms with van der Waals surface area (Å²) in [6.07, 6.45) is 1.72. The number of phenolic OH excluding ortho intramolecular Hbond substituents is 1. The van der Waals surface area contributed by atoms with Gasteiger partial charge in [-0.1, -0.05) is 77.8 Å². The van der Waals surface area contributed by atoms with E-state index < -0.39 is 150 Å². The van der Waals surface area contributed by atoms with Crippen molar-refractivity contribution in [2.24, 2.45) is 80.8 Å². The number of phenols is 1. The van der Waals surface area contributed by atoms with E-state index in [-0.39, 0.29) is 138 Å². The number of benzene rings is 2. The number of carbonyl (C=O) groups is 12. The second-order valence-corrected chi connectivity index (χ2v) is 29.0. The number of aromatic amines is 1. The van der Waals surface area contributed by atoms with Gasteiger partial charge in [0, 0.05) is 92.4 Å². The highest BCUT2D eigenvalue weighted by Crippen LogP contribution is 2.29. The van der Waals surface area contributed by atoms with Gasteiger partial charge in [0.15, 0.2) is 29.1 Å². The number of primary amides is 1. The van der Waals surface area contributed by atoms with Crippen LogP contribution in [0.3, 0.4) is 0 Å². The van der Waals surface area contributed by atoms with Gasteiger partial charge in [-0.2, -0.15) is 0 Å². The van der Waals surface area contributed by atoms with E-state index in [0.29, 0.717) is 67.1 Å². The van der Waals surface area contributed by atoms with Crippen molar-refractivity contribution < 1.29 is 72.9 Å². The SMILES string of the molecule is CC(C)C[C@H](CC(=O)[C@H](CCCN=C(N)N)NC(=O)[C@@H](CC(=O)[C@H](CCCCN)NC(=O)[C@H](CC(=O)O)CC(=O)[C@@H](NC(=O)[C@H](Cc1c[nH]c2ccccc12)NC(=O)[C@@H]1CCCN1C(=O)[C@H](CCCCC(=N)N)CC(=O)[C@H](CC(C)C)NC(=O)[C@@H](C)CCCCN)[C@@H](C)O)Cc1ccc(O)cc1)C(N)=O. The van der Waals surface area contributed by atoms with Gasteiger partial charge in [0.1, 0.15) is 23.9 Å². The van der Waals surface area contributed by atoms with Crippen LogP contribution in [-0.4, -0.2) is 176 Å². The van der Waals surface area contributed by atoms with Gasteiger partial charge in [-0.25, -0.2) is 0 Å². The van der Waals surface area contributed by atoms with Crippen LogP contribution in [0.2, 0.25) is 0 Å². The summed E-state index contributed by atoms with van der Waals surface area (Å²) in [5.74, 6) is -14.8. The summed E-state index contributed by atoms with van der Waals surface area (Å²) in [5.41, 5.74) is 35.7.